The summed E-state index contributed by atoms with van der Waals surface area (Å²) in [6, 6.07) is 14.2. The Balaban J connectivity index is 1.99. The second kappa shape index (κ2) is 6.03. The third-order valence-corrected chi connectivity index (χ3v) is 4.57. The van der Waals surface area contributed by atoms with E-state index in [-0.39, 0.29) is 6.04 Å². The quantitative estimate of drug-likeness (QED) is 0.873. The first-order chi connectivity index (χ1) is 10.2. The van der Waals surface area contributed by atoms with Crippen molar-refractivity contribution in [3.8, 4) is 0 Å². The maximum atomic E-state index is 3.50. The minimum absolute atomic E-state index is 0.288. The van der Waals surface area contributed by atoms with Crippen LogP contribution >= 0.6 is 0 Å². The van der Waals surface area contributed by atoms with Gasteiger partial charge in [0.25, 0.3) is 0 Å². The highest BCUT2D eigenvalue weighted by molar-refractivity contribution is 5.41. The summed E-state index contributed by atoms with van der Waals surface area (Å²) in [6.45, 7) is 4.35. The Labute approximate surface area is 128 Å². The zero-order chi connectivity index (χ0) is 14.8. The molecule has 0 fully saturated rings. The van der Waals surface area contributed by atoms with Crippen LogP contribution in [0, 0.1) is 13.8 Å². The molecule has 1 unspecified atom stereocenters. The minimum Gasteiger partial charge on any atom is -0.309 e. The van der Waals surface area contributed by atoms with Gasteiger partial charge in [-0.3, -0.25) is 0 Å². The Kier molecular flexibility index (Phi) is 4.12. The topological polar surface area (TPSA) is 12.0 Å². The molecule has 0 aromatic heterocycles. The van der Waals surface area contributed by atoms with Crippen LogP contribution in [-0.2, 0) is 12.8 Å². The standard InChI is InChI=1S/C20H25N/c1-14-10-15(2)12-19(11-14)20(21-3)18-9-8-16-6-4-5-7-17(16)13-18/h8-13,20-21H,4-7H2,1-3H3. The van der Waals surface area contributed by atoms with Crippen molar-refractivity contribution in [3.05, 3.63) is 69.8 Å². The lowest BCUT2D eigenvalue weighted by atomic mass is 9.87. The number of benzene rings is 2. The Bertz CT molecular complexity index is 622. The van der Waals surface area contributed by atoms with Crippen molar-refractivity contribution in [3.63, 3.8) is 0 Å². The maximum absolute atomic E-state index is 3.50. The van der Waals surface area contributed by atoms with Crippen molar-refractivity contribution in [2.45, 2.75) is 45.6 Å². The normalized spacial score (nSPS) is 15.6. The van der Waals surface area contributed by atoms with Crippen LogP contribution < -0.4 is 5.32 Å². The van der Waals surface area contributed by atoms with E-state index in [1.807, 2.05) is 0 Å². The molecule has 1 atom stereocenters. The summed E-state index contributed by atoms with van der Waals surface area (Å²) in [5.74, 6) is 0. The molecule has 1 nitrogen and oxygen atoms in total. The van der Waals surface area contributed by atoms with Crippen LogP contribution in [0.2, 0.25) is 0 Å². The van der Waals surface area contributed by atoms with Crippen molar-refractivity contribution in [1.29, 1.82) is 0 Å². The predicted octanol–water partition coefficient (Wildman–Crippen LogP) is 4.49. The van der Waals surface area contributed by atoms with Gasteiger partial charge >= 0.3 is 0 Å². The molecule has 2 aromatic rings. The van der Waals surface area contributed by atoms with E-state index in [4.69, 9.17) is 0 Å². The molecule has 0 radical (unpaired) electrons. The van der Waals surface area contributed by atoms with Gasteiger partial charge in [0.05, 0.1) is 6.04 Å². The molecule has 0 amide bonds. The van der Waals surface area contributed by atoms with E-state index >= 15 is 0 Å². The van der Waals surface area contributed by atoms with Crippen molar-refractivity contribution in [2.75, 3.05) is 7.05 Å². The van der Waals surface area contributed by atoms with Gasteiger partial charge in [-0.1, -0.05) is 47.5 Å². The molecule has 21 heavy (non-hydrogen) atoms. The van der Waals surface area contributed by atoms with Crippen LogP contribution in [0.15, 0.2) is 36.4 Å². The summed E-state index contributed by atoms with van der Waals surface area (Å²) in [6.07, 6.45) is 5.18. The first-order valence-corrected chi connectivity index (χ1v) is 8.04. The highest BCUT2D eigenvalue weighted by atomic mass is 14.9. The number of hydrogen-bond donors (Lipinski definition) is 1. The van der Waals surface area contributed by atoms with Crippen molar-refractivity contribution >= 4 is 0 Å². The van der Waals surface area contributed by atoms with E-state index in [0.717, 1.165) is 0 Å². The maximum Gasteiger partial charge on any atom is 0.0574 e. The molecule has 1 aliphatic rings. The molecule has 110 valence electrons. The van der Waals surface area contributed by atoms with Crippen LogP contribution in [-0.4, -0.2) is 7.05 Å². The number of nitrogens with one attached hydrogen (secondary N) is 1. The highest BCUT2D eigenvalue weighted by Crippen LogP contribution is 2.28. The first kappa shape index (κ1) is 14.3. The zero-order valence-corrected chi connectivity index (χ0v) is 13.4. The second-order valence-electron chi connectivity index (χ2n) is 6.38. The van der Waals surface area contributed by atoms with Gasteiger partial charge < -0.3 is 5.32 Å². The van der Waals surface area contributed by atoms with Crippen LogP contribution in [0.3, 0.4) is 0 Å². The van der Waals surface area contributed by atoms with E-state index in [9.17, 15) is 0 Å². The fourth-order valence-electron chi connectivity index (χ4n) is 3.64. The molecule has 0 spiro atoms. The van der Waals surface area contributed by atoms with Crippen molar-refractivity contribution < 1.29 is 0 Å². The lowest BCUT2D eigenvalue weighted by Crippen LogP contribution is -2.18. The molecule has 1 heteroatoms. The largest absolute Gasteiger partial charge is 0.309 e. The zero-order valence-electron chi connectivity index (χ0n) is 13.4. The number of aryl methyl sites for hydroxylation is 4. The molecule has 0 heterocycles. The van der Waals surface area contributed by atoms with Gasteiger partial charge in [0.2, 0.25) is 0 Å². The van der Waals surface area contributed by atoms with Gasteiger partial charge in [-0.2, -0.15) is 0 Å². The van der Waals surface area contributed by atoms with Crippen LogP contribution in [0.4, 0.5) is 0 Å². The Hall–Kier alpha value is -1.60. The minimum atomic E-state index is 0.288. The molecule has 0 saturated carbocycles. The third-order valence-electron chi connectivity index (χ3n) is 4.57. The summed E-state index contributed by atoms with van der Waals surface area (Å²) < 4.78 is 0. The lowest BCUT2D eigenvalue weighted by Gasteiger charge is -2.22. The molecule has 3 rings (SSSR count). The van der Waals surface area contributed by atoms with Gasteiger partial charge in [-0.05, 0) is 68.8 Å². The third kappa shape index (κ3) is 3.03. The van der Waals surface area contributed by atoms with E-state index in [2.05, 4.69) is 62.6 Å². The molecule has 0 aliphatic heterocycles. The van der Waals surface area contributed by atoms with Crippen LogP contribution in [0.1, 0.15) is 52.3 Å². The average molecular weight is 279 g/mol. The van der Waals surface area contributed by atoms with E-state index in [1.54, 1.807) is 11.1 Å². The Morgan fingerprint density at radius 1 is 0.810 bits per heavy atom. The fourth-order valence-corrected chi connectivity index (χ4v) is 3.64. The van der Waals surface area contributed by atoms with Gasteiger partial charge in [0, 0.05) is 0 Å². The summed E-state index contributed by atoms with van der Waals surface area (Å²) in [4.78, 5) is 0. The molecular weight excluding hydrogens is 254 g/mol. The lowest BCUT2D eigenvalue weighted by molar-refractivity contribution is 0.667. The Morgan fingerprint density at radius 3 is 2.14 bits per heavy atom. The molecule has 1 N–H and O–H groups in total. The molecule has 0 saturated heterocycles. The number of rotatable bonds is 3. The monoisotopic (exact) mass is 279 g/mol. The summed E-state index contributed by atoms with van der Waals surface area (Å²) in [5.41, 5.74) is 8.55. The second-order valence-corrected chi connectivity index (χ2v) is 6.38. The molecule has 1 aliphatic carbocycles. The van der Waals surface area contributed by atoms with E-state index in [1.165, 1.54) is 47.9 Å². The fraction of sp³-hybridized carbons (Fsp3) is 0.400. The van der Waals surface area contributed by atoms with E-state index < -0.39 is 0 Å². The van der Waals surface area contributed by atoms with Gasteiger partial charge in [0.15, 0.2) is 0 Å². The predicted molar refractivity (Wildman–Crippen MR) is 89.9 cm³/mol. The van der Waals surface area contributed by atoms with Gasteiger partial charge in [0.1, 0.15) is 0 Å². The molecule has 0 bridgehead atoms. The van der Waals surface area contributed by atoms with E-state index in [0.29, 0.717) is 0 Å². The van der Waals surface area contributed by atoms with Crippen LogP contribution in [0.25, 0.3) is 0 Å². The summed E-state index contributed by atoms with van der Waals surface area (Å²) in [7, 11) is 2.06. The summed E-state index contributed by atoms with van der Waals surface area (Å²) >= 11 is 0. The molecule has 2 aromatic carbocycles. The Morgan fingerprint density at radius 2 is 1.48 bits per heavy atom. The first-order valence-electron chi connectivity index (χ1n) is 8.04. The number of fused-ring (bicyclic) bond motifs is 1. The highest BCUT2D eigenvalue weighted by Gasteiger charge is 2.16. The molecular formula is C20H25N. The van der Waals surface area contributed by atoms with Crippen molar-refractivity contribution in [1.82, 2.24) is 5.32 Å². The van der Waals surface area contributed by atoms with Gasteiger partial charge in [-0.25, -0.2) is 0 Å². The summed E-state index contributed by atoms with van der Waals surface area (Å²) in [5, 5.41) is 3.50. The van der Waals surface area contributed by atoms with Gasteiger partial charge in [-0.15, -0.1) is 0 Å². The average Bonchev–Trinajstić information content (AvgIpc) is 2.47. The van der Waals surface area contributed by atoms with Crippen molar-refractivity contribution in [2.24, 2.45) is 0 Å². The number of hydrogen-bond acceptors (Lipinski definition) is 1. The SMILES string of the molecule is CNC(c1cc(C)cc(C)c1)c1ccc2c(c1)CCCC2. The smallest absolute Gasteiger partial charge is 0.0574 e. The van der Waals surface area contributed by atoms with Crippen LogP contribution in [0.5, 0.6) is 0 Å².